The van der Waals surface area contributed by atoms with Gasteiger partial charge in [-0.15, -0.1) is 0 Å². The van der Waals surface area contributed by atoms with Gasteiger partial charge in [-0.25, -0.2) is 8.78 Å². The number of carbonyl (C=O) groups is 1. The molecule has 1 fully saturated rings. The van der Waals surface area contributed by atoms with Gasteiger partial charge in [0.25, 0.3) is 0 Å². The second-order valence-electron chi connectivity index (χ2n) is 9.08. The van der Waals surface area contributed by atoms with Crippen LogP contribution in [0, 0.1) is 5.92 Å². The Morgan fingerprint density at radius 1 is 1.33 bits per heavy atom. The van der Waals surface area contributed by atoms with Crippen LogP contribution in [-0.2, 0) is 16.0 Å². The molecule has 0 radical (unpaired) electrons. The standard InChI is InChI=1S/C24H32F2N2O2/c1-4-8-27-12-17(24(29)30-14-18(26)11-25)9-20-19-6-5-7-21-23(19)16(10-22(20)27)13-28(21)15(2)3/h5-7,13,15,17-18,20,22H,4,8-12,14H2,1-3H3/t17-,18?,20?,22-/m1/s1. The Balaban J connectivity index is 1.66. The highest BCUT2D eigenvalue weighted by atomic mass is 19.2. The Kier molecular flexibility index (Phi) is 6.14. The van der Waals surface area contributed by atoms with E-state index in [2.05, 4.69) is 54.6 Å². The van der Waals surface area contributed by atoms with Crippen LogP contribution >= 0.6 is 0 Å². The van der Waals surface area contributed by atoms with Gasteiger partial charge in [0.1, 0.15) is 13.3 Å². The van der Waals surface area contributed by atoms with Gasteiger partial charge in [-0.1, -0.05) is 19.1 Å². The van der Waals surface area contributed by atoms with Crippen LogP contribution in [0.3, 0.4) is 0 Å². The van der Waals surface area contributed by atoms with Crippen LogP contribution in [-0.4, -0.2) is 54.0 Å². The number of carbonyl (C=O) groups excluding carboxylic acids is 1. The Morgan fingerprint density at radius 2 is 2.13 bits per heavy atom. The monoisotopic (exact) mass is 418 g/mol. The molecule has 0 bridgehead atoms. The molecule has 0 spiro atoms. The summed E-state index contributed by atoms with van der Waals surface area (Å²) in [7, 11) is 0. The van der Waals surface area contributed by atoms with Crippen LogP contribution in [0.15, 0.2) is 24.4 Å². The molecule has 2 aliphatic rings. The predicted molar refractivity (Wildman–Crippen MR) is 114 cm³/mol. The van der Waals surface area contributed by atoms with Gasteiger partial charge in [-0.3, -0.25) is 9.69 Å². The van der Waals surface area contributed by atoms with Crippen molar-refractivity contribution in [3.63, 3.8) is 0 Å². The number of alkyl halides is 2. The molecule has 0 N–H and O–H groups in total. The SMILES string of the molecule is CCCN1C[C@H](C(=O)OCC(F)CF)CC2c3cccc4c3c(cn4C(C)C)C[C@H]21. The Bertz CT molecular complexity index is 910. The van der Waals surface area contributed by atoms with E-state index in [1.54, 1.807) is 0 Å². The van der Waals surface area contributed by atoms with Gasteiger partial charge in [-0.05, 0) is 56.8 Å². The lowest BCUT2D eigenvalue weighted by Gasteiger charge is -2.46. The first-order valence-corrected chi connectivity index (χ1v) is 11.2. The molecule has 1 aromatic heterocycles. The average Bonchev–Trinajstić information content (AvgIpc) is 3.12. The number of halogens is 2. The fourth-order valence-electron chi connectivity index (χ4n) is 5.41. The number of piperidine rings is 1. The Labute approximate surface area is 177 Å². The zero-order valence-electron chi connectivity index (χ0n) is 18.1. The molecule has 1 saturated heterocycles. The van der Waals surface area contributed by atoms with Gasteiger partial charge >= 0.3 is 5.97 Å². The van der Waals surface area contributed by atoms with Crippen LogP contribution in [0.4, 0.5) is 8.78 Å². The maximum atomic E-state index is 13.2. The topological polar surface area (TPSA) is 34.5 Å². The number of fused-ring (bicyclic) bond motifs is 2. The van der Waals surface area contributed by atoms with Gasteiger partial charge in [0, 0.05) is 41.6 Å². The molecular weight excluding hydrogens is 386 g/mol. The molecule has 30 heavy (non-hydrogen) atoms. The molecule has 164 valence electrons. The molecule has 4 nitrogen and oxygen atoms in total. The lowest BCUT2D eigenvalue weighted by atomic mass is 9.72. The highest BCUT2D eigenvalue weighted by Gasteiger charge is 2.43. The van der Waals surface area contributed by atoms with Gasteiger partial charge in [0.05, 0.1) is 5.92 Å². The first-order chi connectivity index (χ1) is 14.4. The third-order valence-electron chi connectivity index (χ3n) is 6.70. The molecule has 0 amide bonds. The van der Waals surface area contributed by atoms with Crippen molar-refractivity contribution in [1.82, 2.24) is 9.47 Å². The lowest BCUT2D eigenvalue weighted by Crippen LogP contribution is -2.52. The van der Waals surface area contributed by atoms with Crippen molar-refractivity contribution in [3.8, 4) is 0 Å². The first kappa shape index (κ1) is 21.3. The zero-order chi connectivity index (χ0) is 21.4. The maximum absolute atomic E-state index is 13.2. The fraction of sp³-hybridized carbons (Fsp3) is 0.625. The second-order valence-corrected chi connectivity index (χ2v) is 9.08. The summed E-state index contributed by atoms with van der Waals surface area (Å²) in [5.41, 5.74) is 3.95. The number of hydrogen-bond acceptors (Lipinski definition) is 3. The lowest BCUT2D eigenvalue weighted by molar-refractivity contribution is -0.153. The molecule has 1 aliphatic heterocycles. The fourth-order valence-corrected chi connectivity index (χ4v) is 5.41. The van der Waals surface area contributed by atoms with E-state index in [0.717, 1.165) is 19.4 Å². The Morgan fingerprint density at radius 3 is 2.83 bits per heavy atom. The number of ether oxygens (including phenoxy) is 1. The summed E-state index contributed by atoms with van der Waals surface area (Å²) < 4.78 is 33.1. The van der Waals surface area contributed by atoms with E-state index in [-0.39, 0.29) is 11.8 Å². The third kappa shape index (κ3) is 3.75. The van der Waals surface area contributed by atoms with E-state index >= 15 is 0 Å². The van der Waals surface area contributed by atoms with Crippen molar-refractivity contribution in [2.75, 3.05) is 26.4 Å². The minimum atomic E-state index is -1.74. The molecule has 4 rings (SSSR count). The minimum Gasteiger partial charge on any atom is -0.462 e. The number of rotatable bonds is 7. The minimum absolute atomic E-state index is 0.240. The number of esters is 1. The largest absolute Gasteiger partial charge is 0.462 e. The van der Waals surface area contributed by atoms with Crippen molar-refractivity contribution >= 4 is 16.9 Å². The molecule has 1 aliphatic carbocycles. The van der Waals surface area contributed by atoms with Gasteiger partial charge in [0.15, 0.2) is 6.17 Å². The normalized spacial score (nSPS) is 24.8. The molecular formula is C24H32F2N2O2. The van der Waals surface area contributed by atoms with E-state index in [0.29, 0.717) is 25.0 Å². The number of nitrogens with zero attached hydrogens (tertiary/aromatic N) is 2. The van der Waals surface area contributed by atoms with Crippen molar-refractivity contribution in [3.05, 3.63) is 35.5 Å². The van der Waals surface area contributed by atoms with Crippen molar-refractivity contribution in [2.24, 2.45) is 5.92 Å². The van der Waals surface area contributed by atoms with E-state index in [1.807, 2.05) is 0 Å². The molecule has 1 aromatic carbocycles. The van der Waals surface area contributed by atoms with E-state index in [1.165, 1.54) is 22.0 Å². The Hall–Kier alpha value is -1.95. The average molecular weight is 419 g/mol. The molecule has 2 unspecified atom stereocenters. The van der Waals surface area contributed by atoms with Crippen LogP contribution in [0.5, 0.6) is 0 Å². The third-order valence-corrected chi connectivity index (χ3v) is 6.70. The molecule has 0 saturated carbocycles. The quantitative estimate of drug-likeness (QED) is 0.605. The summed E-state index contributed by atoms with van der Waals surface area (Å²) in [5.74, 6) is -0.471. The summed E-state index contributed by atoms with van der Waals surface area (Å²) in [5, 5.41) is 1.33. The number of benzene rings is 1. The molecule has 2 heterocycles. The van der Waals surface area contributed by atoms with Gasteiger partial charge < -0.3 is 9.30 Å². The van der Waals surface area contributed by atoms with Gasteiger partial charge in [0.2, 0.25) is 0 Å². The first-order valence-electron chi connectivity index (χ1n) is 11.2. The highest BCUT2D eigenvalue weighted by Crippen LogP contribution is 2.46. The smallest absolute Gasteiger partial charge is 0.310 e. The van der Waals surface area contributed by atoms with Crippen LogP contribution in [0.25, 0.3) is 10.9 Å². The molecule has 6 heteroatoms. The highest BCUT2D eigenvalue weighted by molar-refractivity contribution is 5.89. The zero-order valence-corrected chi connectivity index (χ0v) is 18.1. The summed E-state index contributed by atoms with van der Waals surface area (Å²) in [6, 6.07) is 7.24. The van der Waals surface area contributed by atoms with Crippen LogP contribution in [0.2, 0.25) is 0 Å². The van der Waals surface area contributed by atoms with Gasteiger partial charge in [-0.2, -0.15) is 0 Å². The summed E-state index contributed by atoms with van der Waals surface area (Å²) >= 11 is 0. The summed E-state index contributed by atoms with van der Waals surface area (Å²) in [6.45, 7) is 6.47. The van der Waals surface area contributed by atoms with E-state index < -0.39 is 25.4 Å². The van der Waals surface area contributed by atoms with E-state index in [9.17, 15) is 13.6 Å². The summed E-state index contributed by atoms with van der Waals surface area (Å²) in [6.07, 6.45) is 3.25. The van der Waals surface area contributed by atoms with Crippen LogP contribution in [0.1, 0.15) is 56.7 Å². The van der Waals surface area contributed by atoms with Crippen molar-refractivity contribution < 1.29 is 18.3 Å². The molecule has 2 aromatic rings. The number of aromatic nitrogens is 1. The number of likely N-dealkylation sites (tertiary alicyclic amines) is 1. The second kappa shape index (κ2) is 8.66. The maximum Gasteiger partial charge on any atom is 0.310 e. The summed E-state index contributed by atoms with van der Waals surface area (Å²) in [4.78, 5) is 15.1. The number of hydrogen-bond donors (Lipinski definition) is 0. The van der Waals surface area contributed by atoms with Crippen LogP contribution < -0.4 is 0 Å². The van der Waals surface area contributed by atoms with Crippen molar-refractivity contribution in [2.45, 2.75) is 64.2 Å². The van der Waals surface area contributed by atoms with Crippen molar-refractivity contribution in [1.29, 1.82) is 0 Å². The molecule has 4 atom stereocenters. The van der Waals surface area contributed by atoms with E-state index in [4.69, 9.17) is 4.74 Å². The predicted octanol–water partition coefficient (Wildman–Crippen LogP) is 4.81.